The first-order chi connectivity index (χ1) is 8.59. The number of nitrogens with one attached hydrogen (secondary N) is 1. The predicted molar refractivity (Wildman–Crippen MR) is 69.3 cm³/mol. The second-order valence-corrected chi connectivity index (χ2v) is 4.53. The third-order valence-corrected chi connectivity index (χ3v) is 3.06. The monoisotopic (exact) mass is 250 g/mol. The van der Waals surface area contributed by atoms with Crippen LogP contribution in [0, 0.1) is 0 Å². The first kappa shape index (κ1) is 12.9. The van der Waals surface area contributed by atoms with Gasteiger partial charge in [0.2, 0.25) is 0 Å². The number of ether oxygens (including phenoxy) is 1. The van der Waals surface area contributed by atoms with Gasteiger partial charge in [0.15, 0.2) is 0 Å². The number of nitrogens with zero attached hydrogens (tertiary/aromatic N) is 1. The highest BCUT2D eigenvalue weighted by atomic mass is 16.5. The summed E-state index contributed by atoms with van der Waals surface area (Å²) < 4.78 is 5.62. The van der Waals surface area contributed by atoms with Crippen LogP contribution in [0.2, 0.25) is 0 Å². The van der Waals surface area contributed by atoms with E-state index in [4.69, 9.17) is 4.74 Å². The number of aromatic carboxylic acids is 1. The van der Waals surface area contributed by atoms with E-state index < -0.39 is 5.97 Å². The minimum Gasteiger partial charge on any atom is -0.478 e. The molecule has 2 rings (SSSR count). The summed E-state index contributed by atoms with van der Waals surface area (Å²) in [6.07, 6.45) is -0.180. The lowest BCUT2D eigenvalue weighted by molar-refractivity contribution is 0.0263. The van der Waals surface area contributed by atoms with Crippen molar-refractivity contribution in [3.8, 4) is 0 Å². The highest BCUT2D eigenvalue weighted by molar-refractivity contribution is 5.91. The van der Waals surface area contributed by atoms with Gasteiger partial charge in [-0.1, -0.05) is 6.07 Å². The standard InChI is InChI=1S/C13H18N2O3/c1-15(2)9-3-4-10(11(7-9)13(16)17)12-8-14-5-6-18-12/h3-4,7,12,14H,5-6,8H2,1-2H3,(H,16,17). The highest BCUT2D eigenvalue weighted by Crippen LogP contribution is 2.26. The lowest BCUT2D eigenvalue weighted by Crippen LogP contribution is -2.34. The molecule has 0 aliphatic carbocycles. The molecule has 1 aliphatic heterocycles. The Hall–Kier alpha value is -1.59. The molecule has 0 saturated carbocycles. The molecule has 1 aliphatic rings. The van der Waals surface area contributed by atoms with E-state index in [9.17, 15) is 9.90 Å². The van der Waals surface area contributed by atoms with Gasteiger partial charge in [-0.15, -0.1) is 0 Å². The van der Waals surface area contributed by atoms with Crippen LogP contribution in [0.3, 0.4) is 0 Å². The van der Waals surface area contributed by atoms with Gasteiger partial charge in [-0.2, -0.15) is 0 Å². The first-order valence-corrected chi connectivity index (χ1v) is 5.96. The fourth-order valence-corrected chi connectivity index (χ4v) is 2.05. The fourth-order valence-electron chi connectivity index (χ4n) is 2.05. The van der Waals surface area contributed by atoms with Crippen molar-refractivity contribution in [3.63, 3.8) is 0 Å². The zero-order chi connectivity index (χ0) is 13.1. The van der Waals surface area contributed by atoms with Gasteiger partial charge in [0.05, 0.1) is 18.3 Å². The topological polar surface area (TPSA) is 61.8 Å². The fraction of sp³-hybridized carbons (Fsp3) is 0.462. The quantitative estimate of drug-likeness (QED) is 0.841. The number of hydrogen-bond donors (Lipinski definition) is 2. The molecule has 0 radical (unpaired) electrons. The minimum atomic E-state index is -0.914. The maximum Gasteiger partial charge on any atom is 0.336 e. The molecule has 0 amide bonds. The Morgan fingerprint density at radius 3 is 2.83 bits per heavy atom. The predicted octanol–water partition coefficient (Wildman–Crippen LogP) is 1.11. The SMILES string of the molecule is CN(C)c1ccc(C2CNCCO2)c(C(=O)O)c1. The minimum absolute atomic E-state index is 0.180. The molecule has 1 saturated heterocycles. The average Bonchev–Trinajstić information content (AvgIpc) is 2.39. The van der Waals surface area contributed by atoms with E-state index in [1.165, 1.54) is 0 Å². The largest absolute Gasteiger partial charge is 0.478 e. The van der Waals surface area contributed by atoms with Gasteiger partial charge in [-0.25, -0.2) is 4.79 Å². The molecular formula is C13H18N2O3. The molecule has 0 bridgehead atoms. The number of benzene rings is 1. The molecule has 5 heteroatoms. The first-order valence-electron chi connectivity index (χ1n) is 5.96. The molecule has 5 nitrogen and oxygen atoms in total. The number of anilines is 1. The van der Waals surface area contributed by atoms with Crippen molar-refractivity contribution in [1.29, 1.82) is 0 Å². The smallest absolute Gasteiger partial charge is 0.336 e. The molecule has 1 aromatic rings. The molecule has 1 atom stereocenters. The zero-order valence-electron chi connectivity index (χ0n) is 10.6. The zero-order valence-corrected chi connectivity index (χ0v) is 10.6. The van der Waals surface area contributed by atoms with Crippen LogP contribution in [0.4, 0.5) is 5.69 Å². The van der Waals surface area contributed by atoms with E-state index in [2.05, 4.69) is 5.32 Å². The van der Waals surface area contributed by atoms with Gasteiger partial charge in [0, 0.05) is 32.9 Å². The third kappa shape index (κ3) is 2.63. The van der Waals surface area contributed by atoms with E-state index >= 15 is 0 Å². The molecule has 98 valence electrons. The van der Waals surface area contributed by atoms with Gasteiger partial charge in [0.25, 0.3) is 0 Å². The second-order valence-electron chi connectivity index (χ2n) is 4.53. The summed E-state index contributed by atoms with van der Waals surface area (Å²) in [7, 11) is 3.78. The van der Waals surface area contributed by atoms with Gasteiger partial charge in [-0.3, -0.25) is 0 Å². The van der Waals surface area contributed by atoms with Crippen LogP contribution in [-0.2, 0) is 4.74 Å². The summed E-state index contributed by atoms with van der Waals surface area (Å²) in [4.78, 5) is 13.2. The van der Waals surface area contributed by atoms with Gasteiger partial charge >= 0.3 is 5.97 Å². The average molecular weight is 250 g/mol. The molecule has 1 unspecified atom stereocenters. The maximum atomic E-state index is 11.3. The van der Waals surface area contributed by atoms with Crippen molar-refractivity contribution in [2.45, 2.75) is 6.10 Å². The lowest BCUT2D eigenvalue weighted by Gasteiger charge is -2.26. The number of hydrogen-bond acceptors (Lipinski definition) is 4. The van der Waals surface area contributed by atoms with Crippen LogP contribution < -0.4 is 10.2 Å². The van der Waals surface area contributed by atoms with E-state index in [1.54, 1.807) is 6.07 Å². The number of rotatable bonds is 3. The van der Waals surface area contributed by atoms with E-state index in [-0.39, 0.29) is 6.10 Å². The second kappa shape index (κ2) is 5.37. The van der Waals surface area contributed by atoms with Crippen LogP contribution in [0.15, 0.2) is 18.2 Å². The van der Waals surface area contributed by atoms with Gasteiger partial charge in [0.1, 0.15) is 0 Å². The Labute approximate surface area is 106 Å². The number of carboxylic acid groups (broad SMARTS) is 1. The Bertz CT molecular complexity index is 440. The van der Waals surface area contributed by atoms with Crippen molar-refractivity contribution >= 4 is 11.7 Å². The third-order valence-electron chi connectivity index (χ3n) is 3.06. The van der Waals surface area contributed by atoms with Crippen molar-refractivity contribution in [3.05, 3.63) is 29.3 Å². The number of carboxylic acids is 1. The van der Waals surface area contributed by atoms with Crippen LogP contribution in [-0.4, -0.2) is 44.9 Å². The van der Waals surface area contributed by atoms with Crippen molar-refractivity contribution < 1.29 is 14.6 Å². The number of morpholine rings is 1. The van der Waals surface area contributed by atoms with E-state index in [0.717, 1.165) is 17.8 Å². The lowest BCUT2D eigenvalue weighted by atomic mass is 10.0. The summed E-state index contributed by atoms with van der Waals surface area (Å²) in [6.45, 7) is 2.08. The summed E-state index contributed by atoms with van der Waals surface area (Å²) in [5.74, 6) is -0.914. The Morgan fingerprint density at radius 1 is 1.50 bits per heavy atom. The normalized spacial score (nSPS) is 19.6. The Morgan fingerprint density at radius 2 is 2.28 bits per heavy atom. The molecule has 1 fully saturated rings. The molecule has 0 aromatic heterocycles. The van der Waals surface area contributed by atoms with Crippen LogP contribution >= 0.6 is 0 Å². The molecule has 0 spiro atoms. The highest BCUT2D eigenvalue weighted by Gasteiger charge is 2.22. The number of carbonyl (C=O) groups is 1. The van der Waals surface area contributed by atoms with E-state index in [1.807, 2.05) is 31.1 Å². The van der Waals surface area contributed by atoms with Crippen molar-refractivity contribution in [2.75, 3.05) is 38.7 Å². The molecule has 1 aromatic carbocycles. The van der Waals surface area contributed by atoms with Gasteiger partial charge in [-0.05, 0) is 17.7 Å². The molecule has 1 heterocycles. The van der Waals surface area contributed by atoms with Crippen molar-refractivity contribution in [1.82, 2.24) is 5.32 Å². The maximum absolute atomic E-state index is 11.3. The van der Waals surface area contributed by atoms with E-state index in [0.29, 0.717) is 18.7 Å². The van der Waals surface area contributed by atoms with Gasteiger partial charge < -0.3 is 20.1 Å². The molecule has 2 N–H and O–H groups in total. The summed E-state index contributed by atoms with van der Waals surface area (Å²) >= 11 is 0. The van der Waals surface area contributed by atoms with Crippen molar-refractivity contribution in [2.24, 2.45) is 0 Å². The molecule has 18 heavy (non-hydrogen) atoms. The summed E-state index contributed by atoms with van der Waals surface area (Å²) in [5, 5.41) is 12.5. The van der Waals surface area contributed by atoms with Crippen LogP contribution in [0.5, 0.6) is 0 Å². The summed E-state index contributed by atoms with van der Waals surface area (Å²) in [5.41, 5.74) is 1.93. The molecular weight excluding hydrogens is 232 g/mol. The Balaban J connectivity index is 2.36. The van der Waals surface area contributed by atoms with Crippen LogP contribution in [0.1, 0.15) is 22.0 Å². The Kier molecular flexibility index (Phi) is 3.84. The van der Waals surface area contributed by atoms with Crippen LogP contribution in [0.25, 0.3) is 0 Å². The summed E-state index contributed by atoms with van der Waals surface area (Å²) in [6, 6.07) is 5.45.